The normalized spacial score (nSPS) is 33.5. The van der Waals surface area contributed by atoms with E-state index in [-0.39, 0.29) is 0 Å². The Balaban J connectivity index is 2.16. The first-order valence-corrected chi connectivity index (χ1v) is 4.85. The highest BCUT2D eigenvalue weighted by atomic mass is 14.7. The van der Waals surface area contributed by atoms with Crippen LogP contribution < -0.4 is 5.73 Å². The minimum absolute atomic E-state index is 0.523. The third-order valence-electron chi connectivity index (χ3n) is 2.86. The smallest absolute Gasteiger partial charge is 0.00443 e. The van der Waals surface area contributed by atoms with Gasteiger partial charge >= 0.3 is 0 Å². The Hall–Kier alpha value is -0.0400. The van der Waals surface area contributed by atoms with Gasteiger partial charge in [-0.25, -0.2) is 0 Å². The van der Waals surface area contributed by atoms with Gasteiger partial charge in [0.2, 0.25) is 0 Å². The summed E-state index contributed by atoms with van der Waals surface area (Å²) >= 11 is 0. The van der Waals surface area contributed by atoms with Crippen LogP contribution in [0.5, 0.6) is 0 Å². The summed E-state index contributed by atoms with van der Waals surface area (Å²) in [6.07, 6.45) is 3.92. The van der Waals surface area contributed by atoms with Crippen molar-refractivity contribution in [2.45, 2.75) is 46.1 Å². The SMILES string of the molecule is CC(C)CC(C)C1CC(N)C1. The molecule has 0 heterocycles. The maximum atomic E-state index is 5.74. The van der Waals surface area contributed by atoms with E-state index in [1.165, 1.54) is 19.3 Å². The second-order valence-corrected chi connectivity index (χ2v) is 4.60. The molecule has 0 bridgehead atoms. The highest BCUT2D eigenvalue weighted by Crippen LogP contribution is 2.35. The second kappa shape index (κ2) is 3.57. The molecule has 2 N–H and O–H groups in total. The Morgan fingerprint density at radius 1 is 1.27 bits per heavy atom. The van der Waals surface area contributed by atoms with E-state index in [1.54, 1.807) is 0 Å². The van der Waals surface area contributed by atoms with Crippen molar-refractivity contribution in [2.75, 3.05) is 0 Å². The topological polar surface area (TPSA) is 26.0 Å². The lowest BCUT2D eigenvalue weighted by Crippen LogP contribution is -2.39. The monoisotopic (exact) mass is 155 g/mol. The van der Waals surface area contributed by atoms with Crippen LogP contribution in [0.15, 0.2) is 0 Å². The fraction of sp³-hybridized carbons (Fsp3) is 1.00. The van der Waals surface area contributed by atoms with Crippen molar-refractivity contribution in [1.29, 1.82) is 0 Å². The molecule has 0 amide bonds. The molecule has 1 aliphatic carbocycles. The van der Waals surface area contributed by atoms with Gasteiger partial charge in [0.25, 0.3) is 0 Å². The largest absolute Gasteiger partial charge is 0.328 e. The lowest BCUT2D eigenvalue weighted by atomic mass is 9.71. The summed E-state index contributed by atoms with van der Waals surface area (Å²) in [7, 11) is 0. The van der Waals surface area contributed by atoms with Crippen LogP contribution in [0.3, 0.4) is 0 Å². The van der Waals surface area contributed by atoms with E-state index in [0.29, 0.717) is 6.04 Å². The zero-order valence-corrected chi connectivity index (χ0v) is 8.01. The van der Waals surface area contributed by atoms with Crippen molar-refractivity contribution in [1.82, 2.24) is 0 Å². The quantitative estimate of drug-likeness (QED) is 0.665. The molecule has 0 aromatic carbocycles. The standard InChI is InChI=1S/C10H21N/c1-7(2)4-8(3)9-5-10(11)6-9/h7-10H,4-6,11H2,1-3H3. The third kappa shape index (κ3) is 2.48. The van der Waals surface area contributed by atoms with Crippen molar-refractivity contribution >= 4 is 0 Å². The molecule has 1 unspecified atom stereocenters. The van der Waals surface area contributed by atoms with Crippen LogP contribution in [0.25, 0.3) is 0 Å². The van der Waals surface area contributed by atoms with Gasteiger partial charge in [-0.1, -0.05) is 20.8 Å². The van der Waals surface area contributed by atoms with Crippen molar-refractivity contribution < 1.29 is 0 Å². The molecule has 0 saturated heterocycles. The van der Waals surface area contributed by atoms with E-state index in [1.807, 2.05) is 0 Å². The Morgan fingerprint density at radius 3 is 2.18 bits per heavy atom. The molecule has 1 rings (SSSR count). The van der Waals surface area contributed by atoms with Gasteiger partial charge in [0.05, 0.1) is 0 Å². The van der Waals surface area contributed by atoms with Gasteiger partial charge in [-0.05, 0) is 37.0 Å². The number of nitrogens with two attached hydrogens (primary N) is 1. The van der Waals surface area contributed by atoms with Crippen LogP contribution in [-0.4, -0.2) is 6.04 Å². The first-order valence-electron chi connectivity index (χ1n) is 4.85. The summed E-state index contributed by atoms with van der Waals surface area (Å²) in [5.74, 6) is 2.68. The van der Waals surface area contributed by atoms with Gasteiger partial charge in [0, 0.05) is 6.04 Å². The van der Waals surface area contributed by atoms with Crippen molar-refractivity contribution in [3.8, 4) is 0 Å². The Bertz CT molecular complexity index is 114. The molecule has 1 heteroatoms. The lowest BCUT2D eigenvalue weighted by Gasteiger charge is -2.37. The zero-order chi connectivity index (χ0) is 8.43. The van der Waals surface area contributed by atoms with E-state index in [0.717, 1.165) is 17.8 Å². The van der Waals surface area contributed by atoms with E-state index >= 15 is 0 Å². The molecular weight excluding hydrogens is 134 g/mol. The van der Waals surface area contributed by atoms with Gasteiger partial charge in [-0.3, -0.25) is 0 Å². The number of rotatable bonds is 3. The fourth-order valence-corrected chi connectivity index (χ4v) is 2.11. The minimum atomic E-state index is 0.523. The summed E-state index contributed by atoms with van der Waals surface area (Å²) in [4.78, 5) is 0. The lowest BCUT2D eigenvalue weighted by molar-refractivity contribution is 0.167. The Labute approximate surface area is 70.4 Å². The van der Waals surface area contributed by atoms with Gasteiger partial charge in [-0.2, -0.15) is 0 Å². The average molecular weight is 155 g/mol. The van der Waals surface area contributed by atoms with Crippen molar-refractivity contribution in [3.05, 3.63) is 0 Å². The highest BCUT2D eigenvalue weighted by molar-refractivity contribution is 4.85. The maximum absolute atomic E-state index is 5.74. The van der Waals surface area contributed by atoms with E-state index in [2.05, 4.69) is 20.8 Å². The molecule has 0 radical (unpaired) electrons. The van der Waals surface area contributed by atoms with Gasteiger partial charge in [0.15, 0.2) is 0 Å². The van der Waals surface area contributed by atoms with Crippen LogP contribution in [0.4, 0.5) is 0 Å². The fourth-order valence-electron chi connectivity index (χ4n) is 2.11. The maximum Gasteiger partial charge on any atom is 0.00443 e. The molecule has 1 aliphatic rings. The van der Waals surface area contributed by atoms with Crippen molar-refractivity contribution in [3.63, 3.8) is 0 Å². The van der Waals surface area contributed by atoms with Gasteiger partial charge in [-0.15, -0.1) is 0 Å². The van der Waals surface area contributed by atoms with Crippen LogP contribution in [0.2, 0.25) is 0 Å². The molecule has 0 aliphatic heterocycles. The number of hydrogen-bond donors (Lipinski definition) is 1. The molecule has 1 fully saturated rings. The molecular formula is C10H21N. The van der Waals surface area contributed by atoms with Crippen LogP contribution in [0.1, 0.15) is 40.0 Å². The first kappa shape index (κ1) is 9.05. The van der Waals surface area contributed by atoms with Gasteiger partial charge < -0.3 is 5.73 Å². The Morgan fingerprint density at radius 2 is 1.82 bits per heavy atom. The van der Waals surface area contributed by atoms with E-state index in [9.17, 15) is 0 Å². The predicted molar refractivity (Wildman–Crippen MR) is 49.3 cm³/mol. The molecule has 1 atom stereocenters. The van der Waals surface area contributed by atoms with E-state index in [4.69, 9.17) is 5.73 Å². The Kier molecular flexibility index (Phi) is 2.94. The molecule has 11 heavy (non-hydrogen) atoms. The minimum Gasteiger partial charge on any atom is -0.328 e. The molecule has 1 nitrogen and oxygen atoms in total. The molecule has 0 spiro atoms. The summed E-state index contributed by atoms with van der Waals surface area (Å²) in [5, 5.41) is 0. The number of hydrogen-bond acceptors (Lipinski definition) is 1. The molecule has 66 valence electrons. The molecule has 0 aromatic heterocycles. The van der Waals surface area contributed by atoms with Crippen LogP contribution in [-0.2, 0) is 0 Å². The first-order chi connectivity index (χ1) is 5.09. The van der Waals surface area contributed by atoms with Gasteiger partial charge in [0.1, 0.15) is 0 Å². The van der Waals surface area contributed by atoms with Crippen molar-refractivity contribution in [2.24, 2.45) is 23.5 Å². The molecule has 1 saturated carbocycles. The highest BCUT2D eigenvalue weighted by Gasteiger charge is 2.30. The zero-order valence-electron chi connectivity index (χ0n) is 8.01. The van der Waals surface area contributed by atoms with Crippen LogP contribution in [0, 0.1) is 17.8 Å². The second-order valence-electron chi connectivity index (χ2n) is 4.60. The molecule has 0 aromatic rings. The summed E-state index contributed by atoms with van der Waals surface area (Å²) < 4.78 is 0. The van der Waals surface area contributed by atoms with E-state index < -0.39 is 0 Å². The summed E-state index contributed by atoms with van der Waals surface area (Å²) in [6.45, 7) is 6.97. The third-order valence-corrected chi connectivity index (χ3v) is 2.86. The summed E-state index contributed by atoms with van der Waals surface area (Å²) in [6, 6.07) is 0.523. The van der Waals surface area contributed by atoms with Crippen LogP contribution >= 0.6 is 0 Å². The average Bonchev–Trinajstić information content (AvgIpc) is 1.79. The predicted octanol–water partition coefficient (Wildman–Crippen LogP) is 2.41. The summed E-state index contributed by atoms with van der Waals surface area (Å²) in [5.41, 5.74) is 5.74.